The van der Waals surface area contributed by atoms with Gasteiger partial charge in [0.1, 0.15) is 12.1 Å². The van der Waals surface area contributed by atoms with Gasteiger partial charge in [0.05, 0.1) is 39.4 Å². The fourth-order valence-corrected chi connectivity index (χ4v) is 6.11. The highest BCUT2D eigenvalue weighted by Gasteiger charge is 2.23. The van der Waals surface area contributed by atoms with Gasteiger partial charge >= 0.3 is 17.9 Å². The molecule has 0 fully saturated rings. The molecule has 0 aromatic carbocycles. The molecule has 19 nitrogen and oxygen atoms in total. The largest absolute Gasteiger partial charge is 0.481 e. The van der Waals surface area contributed by atoms with Gasteiger partial charge in [-0.1, -0.05) is 89.9 Å². The van der Waals surface area contributed by atoms with Crippen LogP contribution in [0, 0.1) is 0 Å². The molecule has 0 bridgehead atoms. The first kappa shape index (κ1) is 56.6. The van der Waals surface area contributed by atoms with Crippen LogP contribution in [0.1, 0.15) is 148 Å². The van der Waals surface area contributed by atoms with Crippen LogP contribution in [-0.4, -0.2) is 135 Å². The lowest BCUT2D eigenvalue weighted by Gasteiger charge is -2.14. The molecule has 0 saturated carbocycles. The summed E-state index contributed by atoms with van der Waals surface area (Å²) in [6.07, 6.45) is 19.2. The van der Waals surface area contributed by atoms with E-state index in [4.69, 9.17) is 19.3 Å². The molecule has 0 aliphatic carbocycles. The fraction of sp³-hybridized carbons (Fsp3) is 0.810. The Bertz CT molecular complexity index is 1220. The Hall–Kier alpha value is -4.36. The molecule has 0 heterocycles. The number of ether oxygens (including phenoxy) is 3. The van der Waals surface area contributed by atoms with Crippen molar-refractivity contribution in [3.05, 3.63) is 0 Å². The van der Waals surface area contributed by atoms with Crippen molar-refractivity contribution < 1.29 is 67.9 Å². The standard InChI is InChI=1S/C42H75N5O14/c48-33-43-32-39(52)47-35(42(57)58)31-38(51)45-24-18-26-60-28-30-61-29-27-59-25-17-23-44-36(49)22-21-34(41(55)56)46-37(50)19-15-13-11-9-7-5-3-1-2-4-6-8-10-12-14-16-20-40(53)54/h33-35H,1-32H2,(H,43,48)(H,44,49)(H,45,51)(H,46,50)(H,47,52)(H,53,54)(H,55,56)(H,57,58)/t34-,35-/m0/s1. The molecule has 0 spiro atoms. The summed E-state index contributed by atoms with van der Waals surface area (Å²) >= 11 is 0. The summed E-state index contributed by atoms with van der Waals surface area (Å²) in [5.41, 5.74) is 0. The first-order chi connectivity index (χ1) is 29.5. The Morgan fingerprint density at radius 3 is 1.30 bits per heavy atom. The SMILES string of the molecule is O=CNCC(=O)N[C@@H](CC(=O)NCCCOCCOCCOCCCNC(=O)CC[C@H](NC(=O)CCCCCCCCCCCCCCCCCCC(=O)O)C(=O)O)C(=O)O. The predicted molar refractivity (Wildman–Crippen MR) is 226 cm³/mol. The van der Waals surface area contributed by atoms with Gasteiger partial charge in [-0.2, -0.15) is 0 Å². The molecule has 5 amide bonds. The third kappa shape index (κ3) is 39.5. The van der Waals surface area contributed by atoms with Gasteiger partial charge in [-0.05, 0) is 32.1 Å². The third-order valence-electron chi connectivity index (χ3n) is 9.53. The number of hydrogen-bond acceptors (Lipinski definition) is 11. The van der Waals surface area contributed by atoms with Crippen LogP contribution in [0.15, 0.2) is 0 Å². The Morgan fingerprint density at radius 2 is 0.852 bits per heavy atom. The van der Waals surface area contributed by atoms with Crippen LogP contribution in [0.25, 0.3) is 0 Å². The van der Waals surface area contributed by atoms with E-state index in [1.807, 2.05) is 0 Å². The minimum absolute atomic E-state index is 0.00179. The van der Waals surface area contributed by atoms with E-state index in [0.29, 0.717) is 71.9 Å². The zero-order valence-corrected chi connectivity index (χ0v) is 36.2. The normalized spacial score (nSPS) is 11.9. The number of carboxylic acid groups (broad SMARTS) is 3. The van der Waals surface area contributed by atoms with Crippen molar-refractivity contribution >= 4 is 47.9 Å². The van der Waals surface area contributed by atoms with Crippen molar-refractivity contribution in [3.8, 4) is 0 Å². The molecule has 0 saturated heterocycles. The van der Waals surface area contributed by atoms with Crippen molar-refractivity contribution in [2.24, 2.45) is 0 Å². The van der Waals surface area contributed by atoms with Crippen LogP contribution in [0.2, 0.25) is 0 Å². The molecule has 0 aliphatic rings. The highest BCUT2D eigenvalue weighted by Crippen LogP contribution is 2.14. The summed E-state index contributed by atoms with van der Waals surface area (Å²) < 4.78 is 16.3. The maximum absolute atomic E-state index is 12.3. The number of carbonyl (C=O) groups is 8. The van der Waals surface area contributed by atoms with E-state index in [1.54, 1.807) is 0 Å². The molecule has 0 aromatic rings. The van der Waals surface area contributed by atoms with Crippen molar-refractivity contribution in [2.45, 2.75) is 160 Å². The fourth-order valence-electron chi connectivity index (χ4n) is 6.11. The summed E-state index contributed by atoms with van der Waals surface area (Å²) in [4.78, 5) is 91.8. The lowest BCUT2D eigenvalue weighted by Crippen LogP contribution is -2.46. The molecular weight excluding hydrogens is 798 g/mol. The number of nitrogens with one attached hydrogen (secondary N) is 5. The number of carbonyl (C=O) groups excluding carboxylic acids is 5. The highest BCUT2D eigenvalue weighted by molar-refractivity contribution is 5.89. The summed E-state index contributed by atoms with van der Waals surface area (Å²) in [5, 5.41) is 39.4. The van der Waals surface area contributed by atoms with E-state index in [2.05, 4.69) is 26.6 Å². The first-order valence-corrected chi connectivity index (χ1v) is 22.2. The van der Waals surface area contributed by atoms with Crippen molar-refractivity contribution in [1.29, 1.82) is 0 Å². The van der Waals surface area contributed by atoms with E-state index >= 15 is 0 Å². The molecule has 8 N–H and O–H groups in total. The van der Waals surface area contributed by atoms with E-state index in [0.717, 1.165) is 38.5 Å². The van der Waals surface area contributed by atoms with Gasteiger partial charge in [0.2, 0.25) is 30.0 Å². The molecule has 0 aromatic heterocycles. The van der Waals surface area contributed by atoms with E-state index in [9.17, 15) is 48.6 Å². The molecular formula is C42H75N5O14. The van der Waals surface area contributed by atoms with Crippen LogP contribution in [0.5, 0.6) is 0 Å². The molecule has 0 rings (SSSR count). The minimum atomic E-state index is -1.42. The Kier molecular flexibility index (Phi) is 38.1. The predicted octanol–water partition coefficient (Wildman–Crippen LogP) is 3.21. The van der Waals surface area contributed by atoms with Gasteiger partial charge < -0.3 is 56.1 Å². The first-order valence-electron chi connectivity index (χ1n) is 22.2. The second-order valence-corrected chi connectivity index (χ2v) is 15.0. The van der Waals surface area contributed by atoms with Crippen LogP contribution in [-0.2, 0) is 52.6 Å². The smallest absolute Gasteiger partial charge is 0.326 e. The summed E-state index contributed by atoms with van der Waals surface area (Å²) in [6.45, 7) is 2.26. The van der Waals surface area contributed by atoms with Crippen LogP contribution >= 0.6 is 0 Å². The maximum atomic E-state index is 12.3. The maximum Gasteiger partial charge on any atom is 0.326 e. The molecule has 0 unspecified atom stereocenters. The zero-order valence-electron chi connectivity index (χ0n) is 36.2. The average molecular weight is 874 g/mol. The number of unbranched alkanes of at least 4 members (excludes halogenated alkanes) is 15. The number of rotatable bonds is 45. The Labute approximate surface area is 360 Å². The van der Waals surface area contributed by atoms with Gasteiger partial charge in [-0.25, -0.2) is 9.59 Å². The van der Waals surface area contributed by atoms with Gasteiger partial charge in [-0.3, -0.25) is 28.8 Å². The summed E-state index contributed by atoms with van der Waals surface area (Å²) in [6, 6.07) is -2.54. The summed E-state index contributed by atoms with van der Waals surface area (Å²) in [7, 11) is 0. The number of carboxylic acids is 3. The molecule has 352 valence electrons. The number of aliphatic carboxylic acids is 3. The van der Waals surface area contributed by atoms with Crippen molar-refractivity contribution in [3.63, 3.8) is 0 Å². The lowest BCUT2D eigenvalue weighted by molar-refractivity contribution is -0.143. The summed E-state index contributed by atoms with van der Waals surface area (Å²) in [5.74, 6) is -5.16. The topological polar surface area (TPSA) is 285 Å². The number of hydrogen-bond donors (Lipinski definition) is 8. The second-order valence-electron chi connectivity index (χ2n) is 15.0. The second kappa shape index (κ2) is 41.0. The zero-order chi connectivity index (χ0) is 45.2. The molecule has 2 atom stereocenters. The minimum Gasteiger partial charge on any atom is -0.481 e. The highest BCUT2D eigenvalue weighted by atomic mass is 16.5. The van der Waals surface area contributed by atoms with Crippen LogP contribution in [0.3, 0.4) is 0 Å². The third-order valence-corrected chi connectivity index (χ3v) is 9.53. The van der Waals surface area contributed by atoms with E-state index in [1.165, 1.54) is 57.8 Å². The average Bonchev–Trinajstić information content (AvgIpc) is 3.21. The van der Waals surface area contributed by atoms with E-state index < -0.39 is 54.8 Å². The van der Waals surface area contributed by atoms with E-state index in [-0.39, 0.29) is 44.0 Å². The quantitative estimate of drug-likeness (QED) is 0.0322. The molecule has 0 radical (unpaired) electrons. The van der Waals surface area contributed by atoms with Gasteiger partial charge in [-0.15, -0.1) is 0 Å². The lowest BCUT2D eigenvalue weighted by atomic mass is 10.0. The molecule has 19 heteroatoms. The van der Waals surface area contributed by atoms with Gasteiger partial charge in [0.15, 0.2) is 0 Å². The molecule has 61 heavy (non-hydrogen) atoms. The molecule has 0 aliphatic heterocycles. The number of amides is 5. The monoisotopic (exact) mass is 874 g/mol. The Balaban J connectivity index is 3.68. The van der Waals surface area contributed by atoms with Crippen molar-refractivity contribution in [1.82, 2.24) is 26.6 Å². The Morgan fingerprint density at radius 1 is 0.443 bits per heavy atom. The van der Waals surface area contributed by atoms with Crippen LogP contribution in [0.4, 0.5) is 0 Å². The van der Waals surface area contributed by atoms with Gasteiger partial charge in [0.25, 0.3) is 0 Å². The van der Waals surface area contributed by atoms with Gasteiger partial charge in [0, 0.05) is 45.6 Å². The van der Waals surface area contributed by atoms with Crippen LogP contribution < -0.4 is 26.6 Å². The van der Waals surface area contributed by atoms with Crippen molar-refractivity contribution in [2.75, 3.05) is 59.3 Å².